The lowest BCUT2D eigenvalue weighted by Gasteiger charge is -2.18. The molecule has 5 nitrogen and oxygen atoms in total. The second kappa shape index (κ2) is 5.87. The zero-order chi connectivity index (χ0) is 14.8. The number of hydrogen-bond donors (Lipinski definition) is 1. The Labute approximate surface area is 132 Å². The fourth-order valence-electron chi connectivity index (χ4n) is 2.06. The zero-order valence-electron chi connectivity index (χ0n) is 11.3. The Morgan fingerprint density at radius 2 is 2.10 bits per heavy atom. The van der Waals surface area contributed by atoms with Crippen LogP contribution >= 0.6 is 23.2 Å². The summed E-state index contributed by atoms with van der Waals surface area (Å²) in [6.07, 6.45) is 2.51. The van der Waals surface area contributed by atoms with E-state index in [9.17, 15) is 0 Å². The zero-order valence-corrected chi connectivity index (χ0v) is 12.9. The number of amidine groups is 1. The summed E-state index contributed by atoms with van der Waals surface area (Å²) < 4.78 is 0. The number of nitrogens with zero attached hydrogens (tertiary/aromatic N) is 4. The molecule has 0 aliphatic carbocycles. The van der Waals surface area contributed by atoms with Gasteiger partial charge in [0, 0.05) is 25.2 Å². The number of benzene rings is 1. The van der Waals surface area contributed by atoms with Crippen molar-refractivity contribution in [1.82, 2.24) is 15.4 Å². The van der Waals surface area contributed by atoms with E-state index in [1.807, 2.05) is 24.1 Å². The Morgan fingerprint density at radius 1 is 1.24 bits per heavy atom. The molecule has 0 atom stereocenters. The van der Waals surface area contributed by atoms with E-state index in [-0.39, 0.29) is 0 Å². The van der Waals surface area contributed by atoms with Gasteiger partial charge in [0.25, 0.3) is 0 Å². The van der Waals surface area contributed by atoms with Gasteiger partial charge in [-0.2, -0.15) is 0 Å². The molecule has 21 heavy (non-hydrogen) atoms. The van der Waals surface area contributed by atoms with Crippen LogP contribution < -0.4 is 10.4 Å². The summed E-state index contributed by atoms with van der Waals surface area (Å²) in [6.45, 7) is 2.65. The number of aryl methyl sites for hydroxylation is 1. The number of hydrazine groups is 1. The fourth-order valence-corrected chi connectivity index (χ4v) is 2.35. The Kier molecular flexibility index (Phi) is 3.94. The number of nitrogens with one attached hydrogen (secondary N) is 1. The van der Waals surface area contributed by atoms with Gasteiger partial charge in [0.2, 0.25) is 0 Å². The van der Waals surface area contributed by atoms with Crippen LogP contribution in [0, 0.1) is 6.92 Å². The molecule has 0 saturated carbocycles. The number of rotatable bonds is 2. The average Bonchev–Trinajstić information content (AvgIpc) is 2.90. The first-order chi connectivity index (χ1) is 10.1. The number of aromatic nitrogens is 2. The summed E-state index contributed by atoms with van der Waals surface area (Å²) in [5.41, 5.74) is 4.20. The monoisotopic (exact) mass is 321 g/mol. The molecule has 0 amide bonds. The van der Waals surface area contributed by atoms with Gasteiger partial charge in [-0.25, -0.2) is 15.0 Å². The van der Waals surface area contributed by atoms with E-state index in [4.69, 9.17) is 23.2 Å². The van der Waals surface area contributed by atoms with Crippen LogP contribution in [0.3, 0.4) is 0 Å². The van der Waals surface area contributed by atoms with Crippen molar-refractivity contribution in [3.63, 3.8) is 0 Å². The molecule has 7 heteroatoms. The van der Waals surface area contributed by atoms with Crippen LogP contribution in [0.15, 0.2) is 35.5 Å². The van der Waals surface area contributed by atoms with E-state index in [2.05, 4.69) is 20.4 Å². The highest BCUT2D eigenvalue weighted by Crippen LogP contribution is 2.27. The van der Waals surface area contributed by atoms with Gasteiger partial charge in [0.15, 0.2) is 5.82 Å². The molecule has 1 N–H and O–H groups in total. The van der Waals surface area contributed by atoms with Crippen molar-refractivity contribution >= 4 is 40.5 Å². The van der Waals surface area contributed by atoms with Gasteiger partial charge in [-0.05, 0) is 25.1 Å². The largest absolute Gasteiger partial charge is 0.286 e. The molecular weight excluding hydrogens is 309 g/mol. The van der Waals surface area contributed by atoms with E-state index in [1.54, 1.807) is 18.3 Å². The van der Waals surface area contributed by atoms with Gasteiger partial charge in [0.1, 0.15) is 11.7 Å². The third kappa shape index (κ3) is 3.25. The van der Waals surface area contributed by atoms with Crippen LogP contribution in [-0.2, 0) is 0 Å². The molecule has 0 bridgehead atoms. The summed E-state index contributed by atoms with van der Waals surface area (Å²) in [6, 6.07) is 7.31. The van der Waals surface area contributed by atoms with Crippen LogP contribution in [0.1, 0.15) is 12.2 Å². The highest BCUT2D eigenvalue weighted by Gasteiger charge is 2.18. The fraction of sp³-hybridized carbons (Fsp3) is 0.214. The van der Waals surface area contributed by atoms with Gasteiger partial charge in [-0.1, -0.05) is 23.2 Å². The van der Waals surface area contributed by atoms with E-state index in [1.165, 1.54) is 0 Å². The summed E-state index contributed by atoms with van der Waals surface area (Å²) in [5, 5.41) is 3.06. The van der Waals surface area contributed by atoms with E-state index in [0.717, 1.165) is 24.5 Å². The molecule has 0 unspecified atom stereocenters. The van der Waals surface area contributed by atoms with Crippen molar-refractivity contribution in [3.05, 3.63) is 46.3 Å². The molecule has 0 spiro atoms. The molecule has 1 aromatic carbocycles. The lowest BCUT2D eigenvalue weighted by molar-refractivity contribution is 0.858. The summed E-state index contributed by atoms with van der Waals surface area (Å²) in [4.78, 5) is 12.8. The molecule has 2 aromatic rings. The molecule has 0 radical (unpaired) electrons. The summed E-state index contributed by atoms with van der Waals surface area (Å²) in [7, 11) is 0. The van der Waals surface area contributed by atoms with Gasteiger partial charge in [-0.15, -0.1) is 0 Å². The molecule has 1 aliphatic heterocycles. The van der Waals surface area contributed by atoms with Crippen LogP contribution in [0.5, 0.6) is 0 Å². The topological polar surface area (TPSA) is 53.4 Å². The van der Waals surface area contributed by atoms with Gasteiger partial charge >= 0.3 is 0 Å². The molecule has 1 aliphatic rings. The lowest BCUT2D eigenvalue weighted by Crippen LogP contribution is -2.33. The van der Waals surface area contributed by atoms with E-state index in [0.29, 0.717) is 21.7 Å². The molecule has 1 saturated heterocycles. The third-order valence-electron chi connectivity index (χ3n) is 3.06. The Hall–Kier alpha value is -1.85. The molecule has 3 rings (SSSR count). The average molecular weight is 322 g/mol. The van der Waals surface area contributed by atoms with Gasteiger partial charge in [-0.3, -0.25) is 10.4 Å². The normalized spacial score (nSPS) is 16.3. The van der Waals surface area contributed by atoms with Crippen molar-refractivity contribution in [3.8, 4) is 0 Å². The molecule has 2 heterocycles. The van der Waals surface area contributed by atoms with E-state index < -0.39 is 0 Å². The van der Waals surface area contributed by atoms with Crippen molar-refractivity contribution in [2.24, 2.45) is 4.99 Å². The first kappa shape index (κ1) is 14.1. The van der Waals surface area contributed by atoms with Crippen molar-refractivity contribution in [1.29, 1.82) is 0 Å². The molecule has 1 aromatic heterocycles. The maximum absolute atomic E-state index is 6.04. The summed E-state index contributed by atoms with van der Waals surface area (Å²) >= 11 is 12.0. The Bertz CT molecular complexity index is 702. The minimum absolute atomic E-state index is 0.535. The van der Waals surface area contributed by atoms with Gasteiger partial charge < -0.3 is 0 Å². The van der Waals surface area contributed by atoms with Gasteiger partial charge in [0.05, 0.1) is 15.7 Å². The predicted octanol–water partition coefficient (Wildman–Crippen LogP) is 3.54. The second-order valence-electron chi connectivity index (χ2n) is 4.63. The third-order valence-corrected chi connectivity index (χ3v) is 3.80. The highest BCUT2D eigenvalue weighted by molar-refractivity contribution is 6.42. The second-order valence-corrected chi connectivity index (χ2v) is 5.45. The first-order valence-corrected chi connectivity index (χ1v) is 7.24. The maximum Gasteiger partial charge on any atom is 0.157 e. The number of aliphatic imine (C=N–C) groups is 1. The Balaban J connectivity index is 1.77. The number of hydrogen-bond acceptors (Lipinski definition) is 4. The number of anilines is 1. The number of halogens is 2. The maximum atomic E-state index is 6.04. The van der Waals surface area contributed by atoms with Crippen LogP contribution in [0.2, 0.25) is 10.0 Å². The van der Waals surface area contributed by atoms with Crippen molar-refractivity contribution < 1.29 is 0 Å². The van der Waals surface area contributed by atoms with E-state index >= 15 is 0 Å². The Morgan fingerprint density at radius 3 is 2.86 bits per heavy atom. The minimum Gasteiger partial charge on any atom is -0.286 e. The lowest BCUT2D eigenvalue weighted by atomic mass is 10.3. The SMILES string of the molecule is Cc1nccc(N=C2CCN(c3ccc(Cl)c(Cl)c3)N2)n1. The van der Waals surface area contributed by atoms with Crippen molar-refractivity contribution in [2.75, 3.05) is 11.6 Å². The van der Waals surface area contributed by atoms with Crippen LogP contribution in [0.4, 0.5) is 11.5 Å². The van der Waals surface area contributed by atoms with Crippen molar-refractivity contribution in [2.45, 2.75) is 13.3 Å². The smallest absolute Gasteiger partial charge is 0.157 e. The molecular formula is C14H13Cl2N5. The minimum atomic E-state index is 0.535. The van der Waals surface area contributed by atoms with Crippen LogP contribution in [-0.4, -0.2) is 22.3 Å². The highest BCUT2D eigenvalue weighted by atomic mass is 35.5. The quantitative estimate of drug-likeness (QED) is 0.919. The molecule has 108 valence electrons. The molecule has 1 fully saturated rings. The predicted molar refractivity (Wildman–Crippen MR) is 85.4 cm³/mol. The first-order valence-electron chi connectivity index (χ1n) is 6.48. The van der Waals surface area contributed by atoms with Crippen LogP contribution in [0.25, 0.3) is 0 Å². The summed E-state index contributed by atoms with van der Waals surface area (Å²) in [5.74, 6) is 2.22. The standard InChI is InChI=1S/C14H13Cl2N5/c1-9-17-6-4-13(18-9)19-14-5-7-21(20-14)10-2-3-11(15)12(16)8-10/h2-4,6,8H,5,7H2,1H3,(H,17,18,19,20).